The van der Waals surface area contributed by atoms with Crippen molar-refractivity contribution in [2.24, 2.45) is 0 Å². The highest BCUT2D eigenvalue weighted by atomic mass is 35.5. The molecule has 3 aromatic carbocycles. The highest BCUT2D eigenvalue weighted by Gasteiger charge is 2.56. The van der Waals surface area contributed by atoms with Gasteiger partial charge >= 0.3 is 0 Å². The third-order valence-corrected chi connectivity index (χ3v) is 7.98. The van der Waals surface area contributed by atoms with Crippen molar-refractivity contribution in [3.05, 3.63) is 106 Å². The van der Waals surface area contributed by atoms with Crippen molar-refractivity contribution in [1.29, 1.82) is 0 Å². The third-order valence-electron chi connectivity index (χ3n) is 7.62. The maximum Gasteiger partial charge on any atom is 0.255 e. The number of fused-ring (bicyclic) bond motifs is 5. The van der Waals surface area contributed by atoms with Crippen molar-refractivity contribution in [3.63, 3.8) is 0 Å². The average molecular weight is 484 g/mol. The third kappa shape index (κ3) is 3.29. The van der Waals surface area contributed by atoms with Gasteiger partial charge in [0.15, 0.2) is 5.54 Å². The van der Waals surface area contributed by atoms with Crippen molar-refractivity contribution < 1.29 is 9.59 Å². The van der Waals surface area contributed by atoms with Crippen LogP contribution in [0.4, 0.5) is 0 Å². The van der Waals surface area contributed by atoms with Gasteiger partial charge in [0, 0.05) is 34.9 Å². The number of rotatable bonds is 3. The molecule has 0 bridgehead atoms. The number of piperazine rings is 1. The Morgan fingerprint density at radius 2 is 1.71 bits per heavy atom. The van der Waals surface area contributed by atoms with E-state index in [1.54, 1.807) is 9.80 Å². The molecule has 0 radical (unpaired) electrons. The second-order valence-electron chi connectivity index (χ2n) is 9.75. The Hall–Kier alpha value is -3.57. The molecule has 1 N–H and O–H groups in total. The number of aromatic nitrogens is 1. The fourth-order valence-electron chi connectivity index (χ4n) is 5.73. The van der Waals surface area contributed by atoms with E-state index in [9.17, 15) is 9.59 Å². The number of carbonyl (C=O) groups excluding carboxylic acids is 2. The summed E-state index contributed by atoms with van der Waals surface area (Å²) >= 11 is 6.39. The van der Waals surface area contributed by atoms with Crippen LogP contribution in [0.2, 0.25) is 5.02 Å². The lowest BCUT2D eigenvalue weighted by atomic mass is 9.76. The molecule has 4 aromatic rings. The number of para-hydroxylation sites is 1. The Labute approximate surface area is 209 Å². The minimum atomic E-state index is -1.12. The Balaban J connectivity index is 1.51. The van der Waals surface area contributed by atoms with Crippen LogP contribution in [0.15, 0.2) is 72.8 Å². The minimum Gasteiger partial charge on any atom is -0.356 e. The molecule has 3 heterocycles. The van der Waals surface area contributed by atoms with E-state index < -0.39 is 5.54 Å². The summed E-state index contributed by atoms with van der Waals surface area (Å²) in [7, 11) is 0. The number of amides is 2. The van der Waals surface area contributed by atoms with Gasteiger partial charge < -0.3 is 14.8 Å². The summed E-state index contributed by atoms with van der Waals surface area (Å²) in [5.74, 6) is -0.172. The Bertz CT molecular complexity index is 1480. The largest absolute Gasteiger partial charge is 0.356 e. The van der Waals surface area contributed by atoms with E-state index in [-0.39, 0.29) is 24.3 Å². The molecule has 2 aliphatic heterocycles. The molecule has 35 heavy (non-hydrogen) atoms. The van der Waals surface area contributed by atoms with E-state index >= 15 is 0 Å². The van der Waals surface area contributed by atoms with E-state index in [1.807, 2.05) is 49.4 Å². The van der Waals surface area contributed by atoms with Gasteiger partial charge in [0.25, 0.3) is 5.91 Å². The van der Waals surface area contributed by atoms with Crippen LogP contribution in [0, 0.1) is 6.92 Å². The van der Waals surface area contributed by atoms with Gasteiger partial charge in [0.1, 0.15) is 6.54 Å². The predicted molar refractivity (Wildman–Crippen MR) is 137 cm³/mol. The molecule has 2 amide bonds. The van der Waals surface area contributed by atoms with Crippen LogP contribution in [0.5, 0.6) is 0 Å². The first-order valence-corrected chi connectivity index (χ1v) is 12.3. The normalized spacial score (nSPS) is 21.9. The van der Waals surface area contributed by atoms with Gasteiger partial charge in [0.2, 0.25) is 5.91 Å². The van der Waals surface area contributed by atoms with Crippen molar-refractivity contribution in [2.75, 3.05) is 13.1 Å². The molecule has 1 saturated heterocycles. The summed E-state index contributed by atoms with van der Waals surface area (Å²) in [5.41, 5.74) is 4.92. The van der Waals surface area contributed by atoms with E-state index in [2.05, 4.69) is 42.2 Å². The van der Waals surface area contributed by atoms with Crippen LogP contribution in [0.1, 0.15) is 40.8 Å². The quantitative estimate of drug-likeness (QED) is 0.426. The predicted octanol–water partition coefficient (Wildman–Crippen LogP) is 5.36. The summed E-state index contributed by atoms with van der Waals surface area (Å²) in [6.07, 6.45) is 0. The molecule has 1 aromatic heterocycles. The maximum atomic E-state index is 14.1. The van der Waals surface area contributed by atoms with Crippen molar-refractivity contribution in [2.45, 2.75) is 31.8 Å². The first-order chi connectivity index (χ1) is 16.9. The van der Waals surface area contributed by atoms with Crippen LogP contribution < -0.4 is 0 Å². The first kappa shape index (κ1) is 21.9. The fraction of sp³-hybridized carbons (Fsp3) is 0.241. The fourth-order valence-corrected chi connectivity index (χ4v) is 5.93. The summed E-state index contributed by atoms with van der Waals surface area (Å²) in [5, 5.41) is 1.69. The molecule has 0 saturated carbocycles. The number of nitrogens with zero attached hydrogens (tertiary/aromatic N) is 2. The molecule has 1 fully saturated rings. The monoisotopic (exact) mass is 483 g/mol. The van der Waals surface area contributed by atoms with Gasteiger partial charge in [0.05, 0.1) is 5.69 Å². The molecule has 6 rings (SSSR count). The molecule has 0 spiro atoms. The van der Waals surface area contributed by atoms with Crippen LogP contribution in [0.25, 0.3) is 10.9 Å². The molecular formula is C29H26ClN3O2. The van der Waals surface area contributed by atoms with Gasteiger partial charge in [-0.25, -0.2) is 0 Å². The number of aryl methyl sites for hydroxylation is 1. The molecule has 2 atom stereocenters. The summed E-state index contributed by atoms with van der Waals surface area (Å²) in [6, 6.07) is 24.1. The second kappa shape index (κ2) is 7.99. The molecule has 0 aliphatic carbocycles. The zero-order chi connectivity index (χ0) is 24.3. The Morgan fingerprint density at radius 3 is 2.49 bits per heavy atom. The zero-order valence-electron chi connectivity index (χ0n) is 19.7. The lowest BCUT2D eigenvalue weighted by Gasteiger charge is -2.51. The number of halogens is 1. The number of carbonyl (C=O) groups is 2. The van der Waals surface area contributed by atoms with Gasteiger partial charge in [-0.15, -0.1) is 0 Å². The van der Waals surface area contributed by atoms with Gasteiger partial charge in [-0.3, -0.25) is 9.59 Å². The van der Waals surface area contributed by atoms with Crippen LogP contribution in [-0.2, 0) is 21.7 Å². The summed E-state index contributed by atoms with van der Waals surface area (Å²) < 4.78 is 0. The zero-order valence-corrected chi connectivity index (χ0v) is 20.5. The maximum absolute atomic E-state index is 14.1. The molecule has 6 heteroatoms. The highest BCUT2D eigenvalue weighted by Crippen LogP contribution is 2.48. The molecule has 2 aliphatic rings. The van der Waals surface area contributed by atoms with E-state index in [4.69, 9.17) is 11.6 Å². The number of nitrogens with one attached hydrogen (secondary N) is 1. The summed E-state index contributed by atoms with van der Waals surface area (Å²) in [6.45, 7) is 4.74. The first-order valence-electron chi connectivity index (χ1n) is 11.9. The van der Waals surface area contributed by atoms with Crippen molar-refractivity contribution in [1.82, 2.24) is 14.8 Å². The molecule has 5 nitrogen and oxygen atoms in total. The van der Waals surface area contributed by atoms with E-state index in [1.165, 1.54) is 5.56 Å². The van der Waals surface area contributed by atoms with E-state index in [0.717, 1.165) is 33.3 Å². The number of H-pyrrole nitrogens is 1. The number of hydrogen-bond acceptors (Lipinski definition) is 2. The van der Waals surface area contributed by atoms with Gasteiger partial charge in [-0.05, 0) is 42.7 Å². The van der Waals surface area contributed by atoms with E-state index in [0.29, 0.717) is 18.1 Å². The molecule has 176 valence electrons. The average Bonchev–Trinajstić information content (AvgIpc) is 3.25. The molecule has 2 unspecified atom stereocenters. The highest BCUT2D eigenvalue weighted by molar-refractivity contribution is 6.31. The van der Waals surface area contributed by atoms with Crippen LogP contribution >= 0.6 is 11.6 Å². The topological polar surface area (TPSA) is 56.4 Å². The number of aromatic amines is 1. The van der Waals surface area contributed by atoms with Gasteiger partial charge in [-0.2, -0.15) is 0 Å². The Kier molecular flexibility index (Phi) is 5.01. The SMILES string of the molecule is Cc1ccc(C2CN3C(=O)CN(Cc4ccccc4Cl)C(=O)C3(C)c3[nH]c4ccccc4c32)cc1. The van der Waals surface area contributed by atoms with Crippen LogP contribution in [-0.4, -0.2) is 39.7 Å². The van der Waals surface area contributed by atoms with Gasteiger partial charge in [-0.1, -0.05) is 77.8 Å². The number of hydrogen-bond donors (Lipinski definition) is 1. The summed E-state index contributed by atoms with van der Waals surface area (Å²) in [4.78, 5) is 34.7. The standard InChI is InChI=1S/C29H26ClN3O2/c1-18-11-13-19(14-12-18)22-16-33-25(34)17-32(15-20-7-3-5-9-23(20)30)28(35)29(33,2)27-26(22)21-8-4-6-10-24(21)31-27/h3-14,22,31H,15-17H2,1-2H3. The van der Waals surface area contributed by atoms with Crippen LogP contribution in [0.3, 0.4) is 0 Å². The minimum absolute atomic E-state index is 0.0262. The molecular weight excluding hydrogens is 458 g/mol. The lowest BCUT2D eigenvalue weighted by Crippen LogP contribution is -2.67. The smallest absolute Gasteiger partial charge is 0.255 e. The van der Waals surface area contributed by atoms with Crippen molar-refractivity contribution >= 4 is 34.3 Å². The Morgan fingerprint density at radius 1 is 1.00 bits per heavy atom. The second-order valence-corrected chi connectivity index (χ2v) is 10.2. The van der Waals surface area contributed by atoms with Crippen molar-refractivity contribution in [3.8, 4) is 0 Å². The lowest BCUT2D eigenvalue weighted by molar-refractivity contribution is -0.166. The number of benzene rings is 3.